The summed E-state index contributed by atoms with van der Waals surface area (Å²) in [5.41, 5.74) is 4.49. The van der Waals surface area contributed by atoms with E-state index in [1.54, 1.807) is 18.2 Å². The van der Waals surface area contributed by atoms with Crippen LogP contribution in [0.15, 0.2) is 58.3 Å². The number of phenols is 3. The molecule has 0 bridgehead atoms. The first-order chi connectivity index (χ1) is 14.4. The Morgan fingerprint density at radius 2 is 1.73 bits per heavy atom. The molecule has 7 nitrogen and oxygen atoms in total. The largest absolute Gasteiger partial charge is 0.508 e. The summed E-state index contributed by atoms with van der Waals surface area (Å²) < 4.78 is 5.48. The third kappa shape index (κ3) is 2.82. The molecule has 1 aliphatic heterocycles. The summed E-state index contributed by atoms with van der Waals surface area (Å²) in [5, 5.41) is 36.7. The van der Waals surface area contributed by atoms with E-state index in [1.807, 2.05) is 19.1 Å². The Bertz CT molecular complexity index is 1190. The molecule has 2 atom stereocenters. The molecule has 1 aromatic heterocycles. The number of allylic oxidation sites excluding steroid dienone is 2. The molecule has 3 aromatic rings. The van der Waals surface area contributed by atoms with Crippen molar-refractivity contribution in [1.82, 2.24) is 5.16 Å². The van der Waals surface area contributed by atoms with Crippen LogP contribution in [0.3, 0.4) is 0 Å². The Kier molecular flexibility index (Phi) is 4.06. The highest BCUT2D eigenvalue weighted by Crippen LogP contribution is 2.49. The lowest BCUT2D eigenvalue weighted by molar-refractivity contribution is -0.116. The average Bonchev–Trinajstić information content (AvgIpc) is 3.09. The van der Waals surface area contributed by atoms with Crippen molar-refractivity contribution < 1.29 is 24.6 Å². The van der Waals surface area contributed by atoms with E-state index >= 15 is 0 Å². The number of aromatic hydroxyl groups is 3. The monoisotopic (exact) mass is 404 g/mol. The Labute approximate surface area is 172 Å². The van der Waals surface area contributed by atoms with Crippen molar-refractivity contribution in [2.75, 3.05) is 5.32 Å². The number of hydrogen-bond acceptors (Lipinski definition) is 7. The van der Waals surface area contributed by atoms with E-state index in [0.717, 1.165) is 16.8 Å². The SMILES string of the molecule is Cc1noc2c1[C@@H](c1ccc(O)c(O)c1)C1=C(C[C@@H](c3ccc(O)cc3)CC1=O)N2. The summed E-state index contributed by atoms with van der Waals surface area (Å²) in [6.07, 6.45) is 0.942. The van der Waals surface area contributed by atoms with Crippen molar-refractivity contribution in [1.29, 1.82) is 0 Å². The minimum Gasteiger partial charge on any atom is -0.508 e. The number of carbonyl (C=O) groups is 1. The first-order valence-electron chi connectivity index (χ1n) is 9.72. The fourth-order valence-electron chi connectivity index (χ4n) is 4.51. The average molecular weight is 404 g/mol. The predicted molar refractivity (Wildman–Crippen MR) is 109 cm³/mol. The number of carbonyl (C=O) groups excluding carboxylic acids is 1. The molecule has 30 heavy (non-hydrogen) atoms. The summed E-state index contributed by atoms with van der Waals surface area (Å²) in [5.74, 6) is -0.245. The van der Waals surface area contributed by atoms with Gasteiger partial charge in [0.1, 0.15) is 5.75 Å². The molecule has 0 spiro atoms. The standard InChI is InChI=1S/C23H20N2O5/c1-11-20-21(13-4-7-17(27)18(28)9-13)22-16(24-23(20)30-25-11)8-14(10-19(22)29)12-2-5-15(26)6-3-12/h2-7,9,14,21,24,26-28H,8,10H2,1H3/t14-,21-/m1/s1. The van der Waals surface area contributed by atoms with Gasteiger partial charge in [0, 0.05) is 23.6 Å². The van der Waals surface area contributed by atoms with Gasteiger partial charge in [0.2, 0.25) is 5.88 Å². The van der Waals surface area contributed by atoms with Gasteiger partial charge in [-0.05, 0) is 54.7 Å². The molecule has 2 aromatic carbocycles. The lowest BCUT2D eigenvalue weighted by Crippen LogP contribution is -2.29. The maximum Gasteiger partial charge on any atom is 0.233 e. The van der Waals surface area contributed by atoms with Gasteiger partial charge in [-0.3, -0.25) is 4.79 Å². The number of aromatic nitrogens is 1. The van der Waals surface area contributed by atoms with Crippen LogP contribution in [0.2, 0.25) is 0 Å². The fourth-order valence-corrected chi connectivity index (χ4v) is 4.51. The van der Waals surface area contributed by atoms with Gasteiger partial charge in [0.05, 0.1) is 11.3 Å². The lowest BCUT2D eigenvalue weighted by atomic mass is 9.72. The molecule has 0 amide bonds. The van der Waals surface area contributed by atoms with Crippen LogP contribution in [0, 0.1) is 6.92 Å². The third-order valence-corrected chi connectivity index (χ3v) is 5.96. The molecule has 2 heterocycles. The molecule has 7 heteroatoms. The Morgan fingerprint density at radius 1 is 1.00 bits per heavy atom. The summed E-state index contributed by atoms with van der Waals surface area (Å²) in [7, 11) is 0. The number of aryl methyl sites for hydroxylation is 1. The molecule has 0 saturated carbocycles. The number of hydrogen-bond donors (Lipinski definition) is 4. The summed E-state index contributed by atoms with van der Waals surface area (Å²) in [4.78, 5) is 13.3. The number of nitrogens with zero attached hydrogens (tertiary/aromatic N) is 1. The molecule has 0 radical (unpaired) electrons. The molecule has 1 aliphatic carbocycles. The van der Waals surface area contributed by atoms with Crippen molar-refractivity contribution in [3.8, 4) is 17.2 Å². The van der Waals surface area contributed by atoms with E-state index in [1.165, 1.54) is 12.1 Å². The molecular weight excluding hydrogens is 384 g/mol. The number of phenolic OH excluding ortho intramolecular Hbond substituents is 3. The second-order valence-corrected chi connectivity index (χ2v) is 7.83. The molecule has 0 unspecified atom stereocenters. The molecule has 152 valence electrons. The third-order valence-electron chi connectivity index (χ3n) is 5.96. The zero-order chi connectivity index (χ0) is 21.0. The van der Waals surface area contributed by atoms with Gasteiger partial charge < -0.3 is 25.2 Å². The van der Waals surface area contributed by atoms with E-state index in [-0.39, 0.29) is 28.9 Å². The summed E-state index contributed by atoms with van der Waals surface area (Å²) in [6, 6.07) is 11.5. The van der Waals surface area contributed by atoms with E-state index in [2.05, 4.69) is 10.5 Å². The topological polar surface area (TPSA) is 116 Å². The van der Waals surface area contributed by atoms with Crippen molar-refractivity contribution in [2.24, 2.45) is 0 Å². The highest BCUT2D eigenvalue weighted by Gasteiger charge is 2.41. The zero-order valence-corrected chi connectivity index (χ0v) is 16.2. The van der Waals surface area contributed by atoms with Crippen molar-refractivity contribution >= 4 is 11.7 Å². The van der Waals surface area contributed by atoms with E-state index in [0.29, 0.717) is 35.6 Å². The number of anilines is 1. The van der Waals surface area contributed by atoms with Gasteiger partial charge in [-0.25, -0.2) is 0 Å². The maximum atomic E-state index is 13.3. The van der Waals surface area contributed by atoms with Crippen LogP contribution in [-0.4, -0.2) is 26.3 Å². The van der Waals surface area contributed by atoms with Crippen LogP contribution in [0.25, 0.3) is 0 Å². The van der Waals surface area contributed by atoms with Crippen molar-refractivity contribution in [3.05, 3.63) is 76.1 Å². The Balaban J connectivity index is 1.62. The molecule has 0 saturated heterocycles. The van der Waals surface area contributed by atoms with Gasteiger partial charge in [0.25, 0.3) is 0 Å². The first kappa shape index (κ1) is 18.3. The minimum atomic E-state index is -0.442. The number of fused-ring (bicyclic) bond motifs is 1. The molecule has 2 aliphatic rings. The van der Waals surface area contributed by atoms with Gasteiger partial charge in [-0.2, -0.15) is 0 Å². The van der Waals surface area contributed by atoms with Crippen LogP contribution in [0.4, 0.5) is 5.88 Å². The number of rotatable bonds is 2. The lowest BCUT2D eigenvalue weighted by Gasteiger charge is -2.34. The second-order valence-electron chi connectivity index (χ2n) is 7.83. The number of ketones is 1. The van der Waals surface area contributed by atoms with Crippen molar-refractivity contribution in [2.45, 2.75) is 31.6 Å². The summed E-state index contributed by atoms with van der Waals surface area (Å²) in [6.45, 7) is 1.81. The minimum absolute atomic E-state index is 0.00522. The van der Waals surface area contributed by atoms with Crippen LogP contribution in [0.5, 0.6) is 17.2 Å². The van der Waals surface area contributed by atoms with Gasteiger partial charge >= 0.3 is 0 Å². The quantitative estimate of drug-likeness (QED) is 0.476. The maximum absolute atomic E-state index is 13.3. The highest BCUT2D eigenvalue weighted by molar-refractivity contribution is 6.01. The fraction of sp³-hybridized carbons (Fsp3) is 0.217. The number of nitrogens with one attached hydrogen (secondary N) is 1. The number of benzene rings is 2. The Hall–Kier alpha value is -3.74. The van der Waals surface area contributed by atoms with Crippen LogP contribution in [0.1, 0.15) is 47.1 Å². The normalized spacial score (nSPS) is 20.5. The van der Waals surface area contributed by atoms with E-state index in [4.69, 9.17) is 4.52 Å². The molecule has 5 rings (SSSR count). The summed E-state index contributed by atoms with van der Waals surface area (Å²) >= 11 is 0. The molecule has 0 fully saturated rings. The van der Waals surface area contributed by atoms with Gasteiger partial charge in [-0.15, -0.1) is 0 Å². The van der Waals surface area contributed by atoms with E-state index in [9.17, 15) is 20.1 Å². The smallest absolute Gasteiger partial charge is 0.233 e. The Morgan fingerprint density at radius 3 is 2.47 bits per heavy atom. The van der Waals surface area contributed by atoms with Crippen molar-refractivity contribution in [3.63, 3.8) is 0 Å². The van der Waals surface area contributed by atoms with Crippen LogP contribution in [-0.2, 0) is 4.79 Å². The molecule has 4 N–H and O–H groups in total. The number of Topliss-reactive ketones (excluding diaryl/α,β-unsaturated/α-hetero) is 1. The predicted octanol–water partition coefficient (Wildman–Crippen LogP) is 4.06. The van der Waals surface area contributed by atoms with Gasteiger partial charge in [0.15, 0.2) is 17.3 Å². The molecular formula is C23H20N2O5. The second kappa shape index (κ2) is 6.66. The van der Waals surface area contributed by atoms with Crippen LogP contribution >= 0.6 is 0 Å². The zero-order valence-electron chi connectivity index (χ0n) is 16.2. The first-order valence-corrected chi connectivity index (χ1v) is 9.72. The van der Waals surface area contributed by atoms with Gasteiger partial charge in [-0.1, -0.05) is 23.4 Å². The van der Waals surface area contributed by atoms with Crippen LogP contribution < -0.4 is 5.32 Å². The van der Waals surface area contributed by atoms with E-state index < -0.39 is 5.92 Å². The highest BCUT2D eigenvalue weighted by atomic mass is 16.5.